The summed E-state index contributed by atoms with van der Waals surface area (Å²) in [5.74, 6) is -2.09. The quantitative estimate of drug-likeness (QED) is 0.226. The number of carbonyl (C=O) groups excluding carboxylic acids is 2. The Labute approximate surface area is 240 Å². The van der Waals surface area contributed by atoms with Crippen LogP contribution in [-0.2, 0) is 22.6 Å². The van der Waals surface area contributed by atoms with E-state index in [1.807, 2.05) is 42.5 Å². The van der Waals surface area contributed by atoms with E-state index in [0.29, 0.717) is 18.0 Å². The highest BCUT2D eigenvalue weighted by Crippen LogP contribution is 2.30. The third-order valence-electron chi connectivity index (χ3n) is 6.63. The van der Waals surface area contributed by atoms with Crippen LogP contribution in [0.5, 0.6) is 11.5 Å². The Kier molecular flexibility index (Phi) is 8.42. The number of amides is 1. The molecule has 2 aromatic heterocycles. The number of esters is 1. The van der Waals surface area contributed by atoms with Crippen LogP contribution < -0.4 is 14.8 Å². The molecule has 1 atom stereocenters. The summed E-state index contributed by atoms with van der Waals surface area (Å²) in [7, 11) is 2.56. The van der Waals surface area contributed by atoms with Gasteiger partial charge in [-0.1, -0.05) is 42.5 Å². The largest absolute Gasteiger partial charge is 0.497 e. The second-order valence-electron chi connectivity index (χ2n) is 9.45. The molecule has 2 heterocycles. The molecule has 0 saturated carbocycles. The fraction of sp³-hybridized carbons (Fsp3) is 0.156. The normalized spacial score (nSPS) is 11.6. The van der Waals surface area contributed by atoms with Crippen molar-refractivity contribution >= 4 is 17.5 Å². The Hall–Kier alpha value is -5.25. The zero-order chi connectivity index (χ0) is 29.6. The molecule has 0 fully saturated rings. The minimum Gasteiger partial charge on any atom is -0.497 e. The van der Waals surface area contributed by atoms with Gasteiger partial charge in [-0.05, 0) is 35.4 Å². The molecule has 5 aromatic rings. The molecule has 0 aliphatic heterocycles. The van der Waals surface area contributed by atoms with Gasteiger partial charge < -0.3 is 23.9 Å². The Balaban J connectivity index is 1.29. The number of imidazole rings is 1. The summed E-state index contributed by atoms with van der Waals surface area (Å²) in [6, 6.07) is 21.2. The Morgan fingerprint density at radius 1 is 0.881 bits per heavy atom. The number of carbonyl (C=O) groups is 2. The van der Waals surface area contributed by atoms with Crippen LogP contribution in [0.4, 0.5) is 8.78 Å². The number of methoxy groups -OCH3 is 2. The van der Waals surface area contributed by atoms with Gasteiger partial charge in [-0.3, -0.25) is 4.79 Å². The standard InChI is InChI=1S/C32H27F2N3O5/c1-40-24-15-25(33)30(26(34)16-24)22-10-13-29-35-28(18-37(29)17-22)31(38)36-27(32(39)41-2)14-20-8-11-23(12-9-20)42-19-21-6-4-3-5-7-21/h3-13,15-18,27H,14,19H2,1-2H3,(H,36,38)/t27-/m0/s1. The number of aromatic nitrogens is 2. The highest BCUT2D eigenvalue weighted by molar-refractivity contribution is 5.95. The maximum absolute atomic E-state index is 14.6. The molecule has 3 aromatic carbocycles. The minimum absolute atomic E-state index is 0.0152. The van der Waals surface area contributed by atoms with Gasteiger partial charge in [0.05, 0.1) is 19.8 Å². The number of rotatable bonds is 10. The van der Waals surface area contributed by atoms with Crippen molar-refractivity contribution in [2.45, 2.75) is 19.1 Å². The zero-order valence-corrected chi connectivity index (χ0v) is 22.8. The number of hydrogen-bond donors (Lipinski definition) is 1. The monoisotopic (exact) mass is 571 g/mol. The van der Waals surface area contributed by atoms with Crippen LogP contribution in [0.3, 0.4) is 0 Å². The molecule has 214 valence electrons. The number of pyridine rings is 1. The first-order chi connectivity index (χ1) is 20.3. The van der Waals surface area contributed by atoms with Crippen LogP contribution in [0.2, 0.25) is 0 Å². The van der Waals surface area contributed by atoms with Gasteiger partial charge in [-0.25, -0.2) is 18.6 Å². The second kappa shape index (κ2) is 12.5. The maximum atomic E-state index is 14.6. The zero-order valence-electron chi connectivity index (χ0n) is 22.8. The van der Waals surface area contributed by atoms with Crippen LogP contribution in [0.15, 0.2) is 91.3 Å². The van der Waals surface area contributed by atoms with Gasteiger partial charge in [0, 0.05) is 36.5 Å². The van der Waals surface area contributed by atoms with E-state index in [9.17, 15) is 18.4 Å². The predicted molar refractivity (Wildman–Crippen MR) is 151 cm³/mol. The third-order valence-corrected chi connectivity index (χ3v) is 6.63. The number of nitrogens with zero attached hydrogens (tertiary/aromatic N) is 2. The van der Waals surface area contributed by atoms with E-state index in [4.69, 9.17) is 14.2 Å². The van der Waals surface area contributed by atoms with Gasteiger partial charge in [0.2, 0.25) is 0 Å². The summed E-state index contributed by atoms with van der Waals surface area (Å²) in [5.41, 5.74) is 2.22. The molecule has 0 radical (unpaired) electrons. The van der Waals surface area contributed by atoms with Gasteiger partial charge >= 0.3 is 5.97 Å². The Bertz CT molecular complexity index is 1700. The number of hydrogen-bond acceptors (Lipinski definition) is 6. The number of ether oxygens (including phenoxy) is 3. The average Bonchev–Trinajstić information content (AvgIpc) is 3.44. The maximum Gasteiger partial charge on any atom is 0.328 e. The summed E-state index contributed by atoms with van der Waals surface area (Å²) in [5, 5.41) is 2.68. The molecule has 0 bridgehead atoms. The fourth-order valence-electron chi connectivity index (χ4n) is 4.46. The van der Waals surface area contributed by atoms with E-state index in [-0.39, 0.29) is 29.0 Å². The van der Waals surface area contributed by atoms with Gasteiger partial charge in [-0.15, -0.1) is 0 Å². The van der Waals surface area contributed by atoms with E-state index < -0.39 is 29.6 Å². The smallest absolute Gasteiger partial charge is 0.328 e. The van der Waals surface area contributed by atoms with E-state index >= 15 is 0 Å². The van der Waals surface area contributed by atoms with Crippen LogP contribution in [0.1, 0.15) is 21.6 Å². The summed E-state index contributed by atoms with van der Waals surface area (Å²) in [6.45, 7) is 0.422. The SMILES string of the molecule is COC(=O)[C@H](Cc1ccc(OCc2ccccc2)cc1)NC(=O)c1cn2cc(-c3c(F)cc(OC)cc3F)ccc2n1. The first-order valence-corrected chi connectivity index (χ1v) is 13.0. The average molecular weight is 572 g/mol. The molecule has 1 amide bonds. The van der Waals surface area contributed by atoms with E-state index in [2.05, 4.69) is 10.3 Å². The van der Waals surface area contributed by atoms with Crippen molar-refractivity contribution in [1.82, 2.24) is 14.7 Å². The summed E-state index contributed by atoms with van der Waals surface area (Å²) < 4.78 is 46.4. The van der Waals surface area contributed by atoms with Crippen molar-refractivity contribution in [3.05, 3.63) is 120 Å². The van der Waals surface area contributed by atoms with Crippen molar-refractivity contribution in [2.75, 3.05) is 14.2 Å². The van der Waals surface area contributed by atoms with Crippen molar-refractivity contribution in [3.63, 3.8) is 0 Å². The number of fused-ring (bicyclic) bond motifs is 1. The Morgan fingerprint density at radius 3 is 2.26 bits per heavy atom. The molecule has 8 nitrogen and oxygen atoms in total. The lowest BCUT2D eigenvalue weighted by atomic mass is 10.1. The van der Waals surface area contributed by atoms with E-state index in [1.54, 1.807) is 12.1 Å². The number of benzene rings is 3. The first kappa shape index (κ1) is 28.3. The van der Waals surface area contributed by atoms with Gasteiger partial charge in [0.1, 0.15) is 47.1 Å². The number of nitrogens with one attached hydrogen (secondary N) is 1. The lowest BCUT2D eigenvalue weighted by molar-refractivity contribution is -0.142. The molecule has 10 heteroatoms. The first-order valence-electron chi connectivity index (χ1n) is 13.0. The highest BCUT2D eigenvalue weighted by atomic mass is 19.1. The van der Waals surface area contributed by atoms with Crippen molar-refractivity contribution in [1.29, 1.82) is 0 Å². The third kappa shape index (κ3) is 6.38. The Morgan fingerprint density at radius 2 is 1.60 bits per heavy atom. The number of halogens is 2. The van der Waals surface area contributed by atoms with Crippen molar-refractivity contribution in [2.24, 2.45) is 0 Å². The fourth-order valence-corrected chi connectivity index (χ4v) is 4.46. The summed E-state index contributed by atoms with van der Waals surface area (Å²) in [6.07, 6.45) is 3.05. The molecule has 0 saturated heterocycles. The van der Waals surface area contributed by atoms with E-state index in [0.717, 1.165) is 23.3 Å². The molecule has 5 rings (SSSR count). The summed E-state index contributed by atoms with van der Waals surface area (Å²) in [4.78, 5) is 29.9. The molecular weight excluding hydrogens is 544 g/mol. The molecule has 42 heavy (non-hydrogen) atoms. The van der Waals surface area contributed by atoms with Crippen molar-refractivity contribution < 1.29 is 32.6 Å². The topological polar surface area (TPSA) is 91.2 Å². The minimum atomic E-state index is -0.985. The molecule has 0 aliphatic carbocycles. The van der Waals surface area contributed by atoms with Gasteiger partial charge in [0.15, 0.2) is 0 Å². The second-order valence-corrected chi connectivity index (χ2v) is 9.45. The lowest BCUT2D eigenvalue weighted by Crippen LogP contribution is -2.43. The molecule has 1 N–H and O–H groups in total. The van der Waals surface area contributed by atoms with Gasteiger partial charge in [-0.2, -0.15) is 0 Å². The predicted octanol–water partition coefficient (Wildman–Crippen LogP) is 5.38. The van der Waals surface area contributed by atoms with Crippen LogP contribution in [0, 0.1) is 11.6 Å². The molecule has 0 spiro atoms. The lowest BCUT2D eigenvalue weighted by Gasteiger charge is -2.16. The summed E-state index contributed by atoms with van der Waals surface area (Å²) >= 11 is 0. The van der Waals surface area contributed by atoms with Crippen LogP contribution in [-0.4, -0.2) is 41.5 Å². The van der Waals surface area contributed by atoms with Crippen LogP contribution in [0.25, 0.3) is 16.8 Å². The van der Waals surface area contributed by atoms with Crippen molar-refractivity contribution in [3.8, 4) is 22.6 Å². The van der Waals surface area contributed by atoms with Gasteiger partial charge in [0.25, 0.3) is 5.91 Å². The highest BCUT2D eigenvalue weighted by Gasteiger charge is 2.24. The molecule has 0 unspecified atom stereocenters. The van der Waals surface area contributed by atoms with Crippen LogP contribution >= 0.6 is 0 Å². The molecular formula is C32H27F2N3O5. The molecule has 0 aliphatic rings. The van der Waals surface area contributed by atoms with E-state index in [1.165, 1.54) is 43.1 Å².